The number of carbonyl (C=O) groups is 2. The average molecular weight is 434 g/mol. The van der Waals surface area contributed by atoms with Crippen LogP contribution in [-0.4, -0.2) is 35.8 Å². The number of methoxy groups -OCH3 is 1. The van der Waals surface area contributed by atoms with Crippen molar-refractivity contribution in [2.75, 3.05) is 19.5 Å². The van der Waals surface area contributed by atoms with Crippen molar-refractivity contribution in [3.05, 3.63) is 65.2 Å². The lowest BCUT2D eigenvalue weighted by atomic mass is 9.93. The molecule has 1 heterocycles. The van der Waals surface area contributed by atoms with Gasteiger partial charge in [-0.15, -0.1) is 0 Å². The van der Waals surface area contributed by atoms with Crippen LogP contribution < -0.4 is 21.1 Å². The van der Waals surface area contributed by atoms with Gasteiger partial charge in [-0.05, 0) is 37.0 Å². The molecular weight excluding hydrogens is 406 g/mol. The van der Waals surface area contributed by atoms with E-state index in [0.717, 1.165) is 30.4 Å². The Morgan fingerprint density at radius 3 is 2.47 bits per heavy atom. The van der Waals surface area contributed by atoms with E-state index < -0.39 is 5.91 Å². The summed E-state index contributed by atoms with van der Waals surface area (Å²) in [5, 5.41) is 10.7. The first kappa shape index (κ1) is 21.4. The number of primary amides is 1. The maximum absolute atomic E-state index is 12.5. The Morgan fingerprint density at radius 2 is 1.88 bits per heavy atom. The van der Waals surface area contributed by atoms with E-state index in [1.165, 1.54) is 7.11 Å². The minimum Gasteiger partial charge on any atom is -0.496 e. The van der Waals surface area contributed by atoms with Gasteiger partial charge in [-0.25, -0.2) is 4.68 Å². The zero-order chi connectivity index (χ0) is 22.7. The lowest BCUT2D eigenvalue weighted by molar-refractivity contribution is 0.0946. The number of ether oxygens (including phenoxy) is 1. The summed E-state index contributed by atoms with van der Waals surface area (Å²) in [7, 11) is 3.31. The third-order valence-electron chi connectivity index (χ3n) is 5.85. The highest BCUT2D eigenvalue weighted by Crippen LogP contribution is 2.38. The van der Waals surface area contributed by atoms with Crippen molar-refractivity contribution in [3.63, 3.8) is 0 Å². The summed E-state index contributed by atoms with van der Waals surface area (Å²) in [5.74, 6) is 0.468. The molecule has 1 aliphatic rings. The van der Waals surface area contributed by atoms with Gasteiger partial charge in [-0.3, -0.25) is 9.59 Å². The third-order valence-corrected chi connectivity index (χ3v) is 5.85. The molecule has 0 radical (unpaired) electrons. The van der Waals surface area contributed by atoms with Crippen molar-refractivity contribution in [3.8, 4) is 17.0 Å². The number of nitrogens with one attached hydrogen (secondary N) is 2. The van der Waals surface area contributed by atoms with E-state index in [2.05, 4.69) is 10.6 Å². The minimum absolute atomic E-state index is 0.208. The van der Waals surface area contributed by atoms with Crippen LogP contribution in [0.25, 0.3) is 11.3 Å². The number of nitrogens with two attached hydrogens (primary N) is 1. The molecule has 0 saturated heterocycles. The second-order valence-electron chi connectivity index (χ2n) is 7.80. The molecule has 4 N–H and O–H groups in total. The summed E-state index contributed by atoms with van der Waals surface area (Å²) in [4.78, 5) is 24.7. The topological polar surface area (TPSA) is 111 Å². The maximum Gasteiger partial charge on any atom is 0.255 e. The largest absolute Gasteiger partial charge is 0.496 e. The molecule has 4 rings (SSSR count). The van der Waals surface area contributed by atoms with Crippen molar-refractivity contribution >= 4 is 17.6 Å². The zero-order valence-corrected chi connectivity index (χ0v) is 18.2. The molecule has 0 aliphatic heterocycles. The number of carbonyl (C=O) groups excluding carboxylic acids is 2. The summed E-state index contributed by atoms with van der Waals surface area (Å²) < 4.78 is 7.14. The number of para-hydroxylation sites is 1. The second kappa shape index (κ2) is 9.13. The Labute approximate surface area is 186 Å². The molecule has 8 nitrogen and oxygen atoms in total. The highest BCUT2D eigenvalue weighted by Gasteiger charge is 2.29. The number of aromatic nitrogens is 2. The van der Waals surface area contributed by atoms with E-state index in [1.807, 2.05) is 35.0 Å². The number of hydrogen-bond acceptors (Lipinski definition) is 5. The van der Waals surface area contributed by atoms with Crippen molar-refractivity contribution in [2.45, 2.75) is 31.8 Å². The van der Waals surface area contributed by atoms with Gasteiger partial charge in [0.05, 0.1) is 18.7 Å². The summed E-state index contributed by atoms with van der Waals surface area (Å²) in [6.45, 7) is 0.359. The molecule has 0 spiro atoms. The van der Waals surface area contributed by atoms with Crippen molar-refractivity contribution in [1.82, 2.24) is 15.1 Å². The van der Waals surface area contributed by atoms with Crippen LogP contribution in [0.4, 0.5) is 5.82 Å². The highest BCUT2D eigenvalue weighted by molar-refractivity contribution is 6.03. The van der Waals surface area contributed by atoms with Gasteiger partial charge in [0.1, 0.15) is 22.8 Å². The molecule has 2 amide bonds. The van der Waals surface area contributed by atoms with E-state index in [9.17, 15) is 9.59 Å². The lowest BCUT2D eigenvalue weighted by Crippen LogP contribution is -2.23. The molecule has 0 unspecified atom stereocenters. The Hall–Kier alpha value is -3.81. The number of rotatable bonds is 8. The van der Waals surface area contributed by atoms with Gasteiger partial charge in [-0.2, -0.15) is 5.10 Å². The molecule has 1 saturated carbocycles. The minimum atomic E-state index is -0.511. The standard InChI is InChI=1S/C24H27N5O3/c1-26-23-20(22(25)30)21(28-29(23)17-6-5-7-17)16-12-10-15(11-13-16)14-27-24(31)18-8-3-4-9-19(18)32-2/h3-4,8-13,17,26H,5-7,14H2,1-2H3,(H2,25,30)(H,27,31). The first-order valence-corrected chi connectivity index (χ1v) is 10.6. The number of nitrogens with zero attached hydrogens (tertiary/aromatic N) is 2. The van der Waals surface area contributed by atoms with Crippen LogP contribution in [0, 0.1) is 0 Å². The first-order valence-electron chi connectivity index (χ1n) is 10.6. The first-order chi connectivity index (χ1) is 15.5. The Kier molecular flexibility index (Phi) is 6.11. The van der Waals surface area contributed by atoms with Gasteiger partial charge in [0.15, 0.2) is 0 Å². The predicted molar refractivity (Wildman–Crippen MR) is 123 cm³/mol. The van der Waals surface area contributed by atoms with Crippen LogP contribution in [-0.2, 0) is 6.54 Å². The Morgan fingerprint density at radius 1 is 1.16 bits per heavy atom. The van der Waals surface area contributed by atoms with Crippen LogP contribution in [0.1, 0.15) is 51.6 Å². The molecule has 1 aliphatic carbocycles. The average Bonchev–Trinajstić information content (AvgIpc) is 3.15. The van der Waals surface area contributed by atoms with E-state index in [0.29, 0.717) is 34.9 Å². The monoisotopic (exact) mass is 433 g/mol. The number of hydrogen-bond donors (Lipinski definition) is 3. The van der Waals surface area contributed by atoms with Crippen molar-refractivity contribution in [1.29, 1.82) is 0 Å². The smallest absolute Gasteiger partial charge is 0.255 e. The lowest BCUT2D eigenvalue weighted by Gasteiger charge is -2.27. The van der Waals surface area contributed by atoms with Crippen LogP contribution >= 0.6 is 0 Å². The molecule has 1 fully saturated rings. The number of amides is 2. The van der Waals surface area contributed by atoms with E-state index in [4.69, 9.17) is 15.6 Å². The fourth-order valence-corrected chi connectivity index (χ4v) is 3.90. The van der Waals surface area contributed by atoms with Gasteiger partial charge in [0, 0.05) is 19.2 Å². The fraction of sp³-hybridized carbons (Fsp3) is 0.292. The van der Waals surface area contributed by atoms with Gasteiger partial charge in [0.25, 0.3) is 11.8 Å². The highest BCUT2D eigenvalue weighted by atomic mass is 16.5. The van der Waals surface area contributed by atoms with E-state index in [1.54, 1.807) is 25.2 Å². The van der Waals surface area contributed by atoms with Crippen LogP contribution in [0.3, 0.4) is 0 Å². The molecule has 32 heavy (non-hydrogen) atoms. The van der Waals surface area contributed by atoms with Gasteiger partial charge < -0.3 is 21.1 Å². The second-order valence-corrected chi connectivity index (χ2v) is 7.80. The molecule has 166 valence electrons. The summed E-state index contributed by atoms with van der Waals surface area (Å²) in [6.07, 6.45) is 3.24. The Balaban J connectivity index is 1.53. The predicted octanol–water partition coefficient (Wildman–Crippen LogP) is 3.35. The van der Waals surface area contributed by atoms with Crippen LogP contribution in [0.2, 0.25) is 0 Å². The molecular formula is C24H27N5O3. The molecule has 0 atom stereocenters. The summed E-state index contributed by atoms with van der Waals surface area (Å²) >= 11 is 0. The molecule has 2 aromatic carbocycles. The van der Waals surface area contributed by atoms with Gasteiger partial charge in [-0.1, -0.05) is 36.4 Å². The van der Waals surface area contributed by atoms with E-state index >= 15 is 0 Å². The fourth-order valence-electron chi connectivity index (χ4n) is 3.90. The summed E-state index contributed by atoms with van der Waals surface area (Å²) in [5.41, 5.74) is 8.87. The number of benzene rings is 2. The van der Waals surface area contributed by atoms with Crippen LogP contribution in [0.5, 0.6) is 5.75 Å². The van der Waals surface area contributed by atoms with Gasteiger partial charge in [0.2, 0.25) is 0 Å². The molecule has 0 bridgehead atoms. The normalized spacial score (nSPS) is 13.3. The SMILES string of the molecule is CNc1c(C(N)=O)c(-c2ccc(CNC(=O)c3ccccc3OC)cc2)nn1C1CCC1. The maximum atomic E-state index is 12.5. The van der Waals surface area contributed by atoms with Gasteiger partial charge >= 0.3 is 0 Å². The Bertz CT molecular complexity index is 1130. The third kappa shape index (κ3) is 4.03. The molecule has 3 aromatic rings. The van der Waals surface area contributed by atoms with Crippen molar-refractivity contribution in [2.24, 2.45) is 5.73 Å². The quantitative estimate of drug-likeness (QED) is 0.504. The number of anilines is 1. The van der Waals surface area contributed by atoms with E-state index in [-0.39, 0.29) is 11.9 Å². The van der Waals surface area contributed by atoms with Crippen LogP contribution in [0.15, 0.2) is 48.5 Å². The summed E-state index contributed by atoms with van der Waals surface area (Å²) in [6, 6.07) is 15.0. The molecule has 8 heteroatoms. The van der Waals surface area contributed by atoms with Crippen molar-refractivity contribution < 1.29 is 14.3 Å². The zero-order valence-electron chi connectivity index (χ0n) is 18.2. The molecule has 1 aromatic heterocycles.